The molecule has 3 saturated carbocycles. The van der Waals surface area contributed by atoms with Crippen molar-refractivity contribution in [1.29, 1.82) is 0 Å². The van der Waals surface area contributed by atoms with Crippen molar-refractivity contribution in [2.24, 2.45) is 11.8 Å². The summed E-state index contributed by atoms with van der Waals surface area (Å²) in [6.07, 6.45) is 28.9. The molecule has 9 heterocycles. The minimum atomic E-state index is -0.769. The number of fused-ring (bicyclic) bond motifs is 30. The average molecular weight is 969 g/mol. The minimum Gasteiger partial charge on any atom is -0.494 e. The van der Waals surface area contributed by atoms with E-state index in [2.05, 4.69) is 36.5 Å². The van der Waals surface area contributed by atoms with Gasteiger partial charge in [0.1, 0.15) is 34.5 Å². The van der Waals surface area contributed by atoms with Crippen molar-refractivity contribution in [1.82, 2.24) is 0 Å². The van der Waals surface area contributed by atoms with Gasteiger partial charge in [-0.15, -0.1) is 0 Å². The first kappa shape index (κ1) is 48.9. The predicted octanol–water partition coefficient (Wildman–Crippen LogP) is 8.79. The van der Waals surface area contributed by atoms with Crippen LogP contribution in [0.2, 0.25) is 0 Å². The van der Waals surface area contributed by atoms with Crippen LogP contribution in [0.3, 0.4) is 0 Å². The summed E-state index contributed by atoms with van der Waals surface area (Å²) >= 11 is 0. The molecule has 3 aromatic rings. The molecule has 15 heteroatoms. The molecule has 3 aliphatic carbocycles. The van der Waals surface area contributed by atoms with Crippen LogP contribution in [0.1, 0.15) is 116 Å². The number of hydrogen-bond acceptors (Lipinski definition) is 12. The normalized spacial score (nSPS) is 31.2. The Morgan fingerprint density at radius 1 is 0.268 bits per heavy atom. The summed E-state index contributed by atoms with van der Waals surface area (Å²) < 4.78 is 83.6. The lowest BCUT2D eigenvalue weighted by molar-refractivity contribution is -0.192. The van der Waals surface area contributed by atoms with E-state index in [0.717, 1.165) is 132 Å². The van der Waals surface area contributed by atoms with Gasteiger partial charge in [0.15, 0.2) is 0 Å². The number of ether oxygens (including phenoxy) is 6. The zero-order valence-electron chi connectivity index (χ0n) is 41.4. The number of allylic oxidation sites excluding steroid dienone is 6. The van der Waals surface area contributed by atoms with Crippen LogP contribution in [0, 0.1) is 11.8 Å². The molecular formula is C56H71B3O12. The zero-order valence-corrected chi connectivity index (χ0v) is 41.4. The molecule has 12 aliphatic rings. The van der Waals surface area contributed by atoms with E-state index in [1.54, 1.807) is 0 Å². The van der Waals surface area contributed by atoms with Crippen molar-refractivity contribution < 1.29 is 56.3 Å². The molecule has 0 radical (unpaired) electrons. The summed E-state index contributed by atoms with van der Waals surface area (Å²) in [5.41, 5.74) is 2.33. The molecule has 9 aliphatic heterocycles. The Kier molecular flexibility index (Phi) is 16.6. The molecule has 376 valence electrons. The van der Waals surface area contributed by atoms with E-state index in [1.807, 2.05) is 54.6 Å². The van der Waals surface area contributed by atoms with Crippen molar-refractivity contribution in [3.05, 3.63) is 91.1 Å². The van der Waals surface area contributed by atoms with E-state index >= 15 is 0 Å². The van der Waals surface area contributed by atoms with Crippen LogP contribution in [-0.4, -0.2) is 97.6 Å². The second-order valence-corrected chi connectivity index (χ2v) is 20.2. The Morgan fingerprint density at radius 3 is 0.662 bits per heavy atom. The highest BCUT2D eigenvalue weighted by Gasteiger charge is 2.73. The highest BCUT2D eigenvalue weighted by atomic mass is 16.7. The van der Waals surface area contributed by atoms with Crippen LogP contribution in [0.4, 0.5) is 0 Å². The van der Waals surface area contributed by atoms with Crippen molar-refractivity contribution in [2.45, 2.75) is 152 Å². The molecule has 6 atom stereocenters. The molecule has 12 nitrogen and oxygen atoms in total. The van der Waals surface area contributed by atoms with Gasteiger partial charge in [-0.3, -0.25) is 0 Å². The third-order valence-corrected chi connectivity index (χ3v) is 15.4. The summed E-state index contributed by atoms with van der Waals surface area (Å²) in [6, 6.07) is 18.1. The van der Waals surface area contributed by atoms with E-state index in [-0.39, 0.29) is 11.8 Å². The molecule has 0 N–H and O–H groups in total. The van der Waals surface area contributed by atoms with Gasteiger partial charge in [-0.2, -0.15) is 0 Å². The van der Waals surface area contributed by atoms with Crippen LogP contribution >= 0.6 is 0 Å². The van der Waals surface area contributed by atoms with Gasteiger partial charge in [-0.1, -0.05) is 54.7 Å². The SMILES string of the molecule is C1=C/CCCCOc2cccc3c2B2O[C@@H]4C5[C@H]6OB7O[C@H]6C([C@H]6OB(O[C@@H]56)c5c(cccc5OCCCC/C=C/CCCCOc5cccc(c57)OCCCC/C=C/CCCCO3)OCCCC/1)[C@@H]4O2. The highest BCUT2D eigenvalue weighted by molar-refractivity contribution is 6.65. The van der Waals surface area contributed by atoms with Crippen molar-refractivity contribution in [3.8, 4) is 34.5 Å². The lowest BCUT2D eigenvalue weighted by Crippen LogP contribution is -2.70. The first-order valence-electron chi connectivity index (χ1n) is 27.3. The summed E-state index contributed by atoms with van der Waals surface area (Å²) in [5, 5.41) is 0. The third kappa shape index (κ3) is 11.1. The highest BCUT2D eigenvalue weighted by Crippen LogP contribution is 2.56. The fraction of sp³-hybridized carbons (Fsp3) is 0.571. The second-order valence-electron chi connectivity index (χ2n) is 20.2. The Hall–Kier alpha value is -4.37. The Balaban J connectivity index is 0.991. The van der Waals surface area contributed by atoms with Gasteiger partial charge in [-0.05, 0) is 152 Å². The first-order valence-corrected chi connectivity index (χ1v) is 27.3. The summed E-state index contributed by atoms with van der Waals surface area (Å²) in [6.45, 7) is 3.41. The molecule has 71 heavy (non-hydrogen) atoms. The van der Waals surface area contributed by atoms with Gasteiger partial charge >= 0.3 is 21.4 Å². The van der Waals surface area contributed by atoms with Crippen LogP contribution in [0.5, 0.6) is 34.5 Å². The number of rotatable bonds is 0. The Bertz CT molecular complexity index is 1920. The third-order valence-electron chi connectivity index (χ3n) is 15.4. The van der Waals surface area contributed by atoms with E-state index in [1.165, 1.54) is 0 Å². The summed E-state index contributed by atoms with van der Waals surface area (Å²) in [7, 11) is -2.31. The predicted molar refractivity (Wildman–Crippen MR) is 275 cm³/mol. The van der Waals surface area contributed by atoms with Gasteiger partial charge in [0, 0.05) is 11.8 Å². The maximum absolute atomic E-state index is 7.28. The zero-order chi connectivity index (χ0) is 47.6. The summed E-state index contributed by atoms with van der Waals surface area (Å²) in [4.78, 5) is 0. The maximum Gasteiger partial charge on any atom is 0.502 e. The Labute approximate surface area is 421 Å². The quantitative estimate of drug-likeness (QED) is 0.159. The van der Waals surface area contributed by atoms with Crippen molar-refractivity contribution in [2.75, 3.05) is 39.6 Å². The van der Waals surface area contributed by atoms with Crippen LogP contribution in [0.15, 0.2) is 91.1 Å². The van der Waals surface area contributed by atoms with Crippen molar-refractivity contribution >= 4 is 37.7 Å². The molecule has 3 saturated heterocycles. The molecule has 0 spiro atoms. The molecule has 0 unspecified atom stereocenters. The van der Waals surface area contributed by atoms with Gasteiger partial charge in [0.2, 0.25) is 0 Å². The number of hydrogen-bond donors (Lipinski definition) is 0. The maximum atomic E-state index is 7.28. The van der Waals surface area contributed by atoms with Gasteiger partial charge < -0.3 is 56.3 Å². The molecular weight excluding hydrogens is 897 g/mol. The van der Waals surface area contributed by atoms with E-state index < -0.39 is 58.0 Å². The fourth-order valence-electron chi connectivity index (χ4n) is 11.8. The minimum absolute atomic E-state index is 0.343. The second kappa shape index (κ2) is 24.1. The molecule has 6 fully saturated rings. The largest absolute Gasteiger partial charge is 0.502 e. The van der Waals surface area contributed by atoms with E-state index in [4.69, 9.17) is 56.3 Å². The lowest BCUT2D eigenvalue weighted by atomic mass is 9.61. The van der Waals surface area contributed by atoms with Crippen LogP contribution in [-0.2, 0) is 27.9 Å². The topological polar surface area (TPSA) is 111 Å². The van der Waals surface area contributed by atoms with Crippen LogP contribution < -0.4 is 44.8 Å². The number of benzene rings is 3. The standard InChI is InChI=1S/C56H71B3O12/c1-2-8-14-20-35-61-41-29-26-31-43-49(41)58-68-53-46-51-52-47(54(53)69-58)56-55(46)70-59(71-56)50-44(32-27-33-45(50)65-39-24-18-12-6-5-10-16-22-37-63-43)64-38-23-17-11-4-3-9-15-21-36-62-42-30-25-28-40(60-34-19-13-7-1)48(42)57(66-51)67-52/h1-6,25-33,46-47,51-56H,7-24,34-39H2/b2-1+,4-3+,6-5+/t46?,47?,51-,52+,53-,54+,55+,56-. The average Bonchev–Trinajstić information content (AvgIpc) is 4.15. The molecule has 0 amide bonds. The van der Waals surface area contributed by atoms with Crippen LogP contribution in [0.25, 0.3) is 0 Å². The first-order chi connectivity index (χ1) is 35.3. The summed E-state index contributed by atoms with van der Waals surface area (Å²) in [5.74, 6) is 3.61. The van der Waals surface area contributed by atoms with Gasteiger partial charge in [0.25, 0.3) is 0 Å². The van der Waals surface area contributed by atoms with Gasteiger partial charge in [0.05, 0.1) is 92.7 Å². The lowest BCUT2D eigenvalue weighted by Gasteiger charge is -2.55. The van der Waals surface area contributed by atoms with Gasteiger partial charge in [-0.25, -0.2) is 0 Å². The molecule has 3 aromatic carbocycles. The van der Waals surface area contributed by atoms with Crippen molar-refractivity contribution in [3.63, 3.8) is 0 Å². The Morgan fingerprint density at radius 2 is 0.465 bits per heavy atom. The van der Waals surface area contributed by atoms with E-state index in [0.29, 0.717) is 74.1 Å². The van der Waals surface area contributed by atoms with E-state index in [9.17, 15) is 0 Å². The molecule has 0 aromatic heterocycles. The molecule has 14 bridgehead atoms. The molecule has 15 rings (SSSR count). The smallest absolute Gasteiger partial charge is 0.494 e. The fourth-order valence-corrected chi connectivity index (χ4v) is 11.8. The monoisotopic (exact) mass is 969 g/mol.